The first-order valence-corrected chi connectivity index (χ1v) is 11.8. The van der Waals surface area contributed by atoms with Crippen LogP contribution in [0.1, 0.15) is 0 Å². The second-order valence-corrected chi connectivity index (χ2v) is 8.52. The van der Waals surface area contributed by atoms with E-state index >= 15 is 0 Å². The van der Waals surface area contributed by atoms with Gasteiger partial charge in [-0.05, 0) is 40.4 Å². The summed E-state index contributed by atoms with van der Waals surface area (Å²) in [7, 11) is 1.69. The van der Waals surface area contributed by atoms with Gasteiger partial charge in [-0.2, -0.15) is 4.98 Å². The number of anilines is 4. The highest BCUT2D eigenvalue weighted by molar-refractivity contribution is 9.11. The number of piperazine rings is 1. The Labute approximate surface area is 189 Å². The minimum absolute atomic E-state index is 0.759. The lowest BCUT2D eigenvalue weighted by atomic mass is 10.2. The van der Waals surface area contributed by atoms with Gasteiger partial charge in [0.1, 0.15) is 11.6 Å². The quantitative estimate of drug-likeness (QED) is 0.467. The van der Waals surface area contributed by atoms with Crippen LogP contribution in [-0.2, 0) is 0 Å². The van der Waals surface area contributed by atoms with Gasteiger partial charge in [0.05, 0.1) is 22.3 Å². The summed E-state index contributed by atoms with van der Waals surface area (Å²) in [6.07, 6.45) is 10.1. The number of methoxy groups -OCH3 is 1. The van der Waals surface area contributed by atoms with E-state index in [9.17, 15) is 0 Å². The van der Waals surface area contributed by atoms with Crippen LogP contribution in [0.15, 0.2) is 52.1 Å². The molecule has 30 heavy (non-hydrogen) atoms. The van der Waals surface area contributed by atoms with Gasteiger partial charge in [0.15, 0.2) is 0 Å². The maximum Gasteiger partial charge on any atom is 0.227 e. The summed E-state index contributed by atoms with van der Waals surface area (Å²) < 4.78 is 6.70. The SMILES string of the molecule is COc1cc(Nc2nc(N3CCNCC3)ncc2SC)ccc1N1CC=CC=C1Br. The van der Waals surface area contributed by atoms with Crippen LogP contribution in [0, 0.1) is 0 Å². The predicted octanol–water partition coefficient (Wildman–Crippen LogP) is 3.97. The molecule has 1 fully saturated rings. The van der Waals surface area contributed by atoms with Crippen molar-refractivity contribution in [2.45, 2.75) is 4.90 Å². The maximum atomic E-state index is 5.69. The van der Waals surface area contributed by atoms with Crippen molar-refractivity contribution in [2.24, 2.45) is 0 Å². The summed E-state index contributed by atoms with van der Waals surface area (Å²) in [4.78, 5) is 14.8. The molecule has 0 amide bonds. The Morgan fingerprint density at radius 1 is 1.27 bits per heavy atom. The maximum absolute atomic E-state index is 5.69. The van der Waals surface area contributed by atoms with Gasteiger partial charge in [-0.3, -0.25) is 0 Å². The molecule has 2 aliphatic heterocycles. The normalized spacial score (nSPS) is 16.4. The van der Waals surface area contributed by atoms with Gasteiger partial charge in [0, 0.05) is 50.7 Å². The van der Waals surface area contributed by atoms with E-state index in [4.69, 9.17) is 9.72 Å². The highest BCUT2D eigenvalue weighted by Crippen LogP contribution is 2.37. The molecule has 2 N–H and O–H groups in total. The van der Waals surface area contributed by atoms with E-state index in [2.05, 4.69) is 53.5 Å². The zero-order valence-electron chi connectivity index (χ0n) is 17.1. The summed E-state index contributed by atoms with van der Waals surface area (Å²) in [5.74, 6) is 2.36. The number of hydrogen-bond donors (Lipinski definition) is 2. The fraction of sp³-hybridized carbons (Fsp3) is 0.333. The number of halogens is 1. The fourth-order valence-corrected chi connectivity index (χ4v) is 4.37. The lowest BCUT2D eigenvalue weighted by Crippen LogP contribution is -2.44. The molecule has 0 radical (unpaired) electrons. The van der Waals surface area contributed by atoms with Crippen molar-refractivity contribution in [1.82, 2.24) is 15.3 Å². The number of nitrogens with one attached hydrogen (secondary N) is 2. The molecule has 3 heterocycles. The molecule has 7 nitrogen and oxygen atoms in total. The van der Waals surface area contributed by atoms with Crippen LogP contribution in [0.3, 0.4) is 0 Å². The molecule has 0 bridgehead atoms. The smallest absolute Gasteiger partial charge is 0.227 e. The highest BCUT2D eigenvalue weighted by Gasteiger charge is 2.18. The average molecular weight is 489 g/mol. The molecule has 1 saturated heterocycles. The molecule has 0 atom stereocenters. The first kappa shape index (κ1) is 21.0. The summed E-state index contributed by atoms with van der Waals surface area (Å²) >= 11 is 5.25. The van der Waals surface area contributed by atoms with Gasteiger partial charge in [0.25, 0.3) is 0 Å². The molecule has 2 aromatic rings. The van der Waals surface area contributed by atoms with E-state index in [1.807, 2.05) is 36.7 Å². The molecule has 2 aliphatic rings. The van der Waals surface area contributed by atoms with Crippen molar-refractivity contribution >= 4 is 50.8 Å². The summed E-state index contributed by atoms with van der Waals surface area (Å²) in [5, 5.41) is 6.83. The Kier molecular flexibility index (Phi) is 6.81. The third kappa shape index (κ3) is 4.58. The van der Waals surface area contributed by atoms with Crippen LogP contribution >= 0.6 is 27.7 Å². The van der Waals surface area contributed by atoms with Gasteiger partial charge in [-0.15, -0.1) is 11.8 Å². The molecule has 0 spiro atoms. The Morgan fingerprint density at radius 3 is 2.83 bits per heavy atom. The van der Waals surface area contributed by atoms with Crippen molar-refractivity contribution in [2.75, 3.05) is 61.2 Å². The van der Waals surface area contributed by atoms with Gasteiger partial charge in [-0.25, -0.2) is 4.98 Å². The predicted molar refractivity (Wildman–Crippen MR) is 129 cm³/mol. The van der Waals surface area contributed by atoms with E-state index in [1.54, 1.807) is 18.9 Å². The lowest BCUT2D eigenvalue weighted by molar-refractivity contribution is 0.415. The van der Waals surface area contributed by atoms with Gasteiger partial charge < -0.3 is 25.2 Å². The fourth-order valence-electron chi connectivity index (χ4n) is 3.44. The largest absolute Gasteiger partial charge is 0.494 e. The molecule has 4 rings (SSSR count). The summed E-state index contributed by atoms with van der Waals surface area (Å²) in [5.41, 5.74) is 1.92. The lowest BCUT2D eigenvalue weighted by Gasteiger charge is -2.28. The van der Waals surface area contributed by atoms with Crippen LogP contribution in [0.2, 0.25) is 0 Å². The van der Waals surface area contributed by atoms with Crippen molar-refractivity contribution < 1.29 is 4.74 Å². The number of benzene rings is 1. The van der Waals surface area contributed by atoms with Crippen LogP contribution in [0.5, 0.6) is 5.75 Å². The standard InChI is InChI=1S/C21H25BrN6OS/c1-29-17-13-15(6-7-16(17)28-10-4-3-5-19(28)22)25-20-18(30-2)14-24-21(26-20)27-11-8-23-9-12-27/h3-7,13-14,23H,8-12H2,1-2H3,(H,24,25,26). The van der Waals surface area contributed by atoms with E-state index in [1.165, 1.54) is 0 Å². The minimum Gasteiger partial charge on any atom is -0.494 e. The van der Waals surface area contributed by atoms with Crippen molar-refractivity contribution in [3.8, 4) is 5.75 Å². The monoisotopic (exact) mass is 488 g/mol. The number of aromatic nitrogens is 2. The zero-order valence-corrected chi connectivity index (χ0v) is 19.5. The van der Waals surface area contributed by atoms with E-state index < -0.39 is 0 Å². The Morgan fingerprint density at radius 2 is 2.10 bits per heavy atom. The third-order valence-electron chi connectivity index (χ3n) is 5.01. The average Bonchev–Trinajstić information content (AvgIpc) is 2.80. The second-order valence-electron chi connectivity index (χ2n) is 6.86. The van der Waals surface area contributed by atoms with E-state index in [0.29, 0.717) is 0 Å². The van der Waals surface area contributed by atoms with Crippen LogP contribution < -0.4 is 25.2 Å². The molecule has 0 saturated carbocycles. The van der Waals surface area contributed by atoms with E-state index in [-0.39, 0.29) is 0 Å². The number of rotatable bonds is 6. The van der Waals surface area contributed by atoms with Crippen molar-refractivity contribution in [3.63, 3.8) is 0 Å². The molecular formula is C21H25BrN6OS. The summed E-state index contributed by atoms with van der Waals surface area (Å²) in [6.45, 7) is 4.51. The third-order valence-corrected chi connectivity index (χ3v) is 6.44. The first-order valence-electron chi connectivity index (χ1n) is 9.81. The molecule has 1 aromatic carbocycles. The summed E-state index contributed by atoms with van der Waals surface area (Å²) in [6, 6.07) is 6.12. The molecule has 0 unspecified atom stereocenters. The van der Waals surface area contributed by atoms with Gasteiger partial charge in [0.2, 0.25) is 5.95 Å². The molecule has 9 heteroatoms. The topological polar surface area (TPSA) is 65.5 Å². The van der Waals surface area contributed by atoms with Crippen molar-refractivity contribution in [3.05, 3.63) is 47.2 Å². The Hall–Kier alpha value is -2.23. The number of nitrogens with zero attached hydrogens (tertiary/aromatic N) is 4. The highest BCUT2D eigenvalue weighted by atomic mass is 79.9. The Balaban J connectivity index is 1.60. The molecule has 1 aromatic heterocycles. The van der Waals surface area contributed by atoms with Crippen LogP contribution in [0.25, 0.3) is 0 Å². The van der Waals surface area contributed by atoms with Gasteiger partial charge >= 0.3 is 0 Å². The minimum atomic E-state index is 0.759. The zero-order chi connectivity index (χ0) is 20.9. The van der Waals surface area contributed by atoms with Gasteiger partial charge in [-0.1, -0.05) is 12.2 Å². The second kappa shape index (κ2) is 9.72. The number of ether oxygens (including phenoxy) is 1. The van der Waals surface area contributed by atoms with E-state index in [0.717, 1.165) is 71.1 Å². The molecule has 0 aliphatic carbocycles. The number of allylic oxidation sites excluding steroid dienone is 2. The number of hydrogen-bond acceptors (Lipinski definition) is 8. The Bertz CT molecular complexity index is 961. The van der Waals surface area contributed by atoms with Crippen LogP contribution in [0.4, 0.5) is 23.1 Å². The molecular weight excluding hydrogens is 464 g/mol. The van der Waals surface area contributed by atoms with Crippen molar-refractivity contribution in [1.29, 1.82) is 0 Å². The first-order chi connectivity index (χ1) is 14.7. The molecule has 158 valence electrons. The number of thioether (sulfide) groups is 1. The van der Waals surface area contributed by atoms with Crippen LogP contribution in [-0.4, -0.2) is 56.1 Å².